The van der Waals surface area contributed by atoms with Crippen LogP contribution in [0.1, 0.15) is 106 Å². The quantitative estimate of drug-likeness (QED) is 0.646. The number of likely N-dealkylation sites (tertiary alicyclic amines) is 1. The monoisotopic (exact) mass is 501 g/mol. The number of quaternary nitrogens is 1. The van der Waals surface area contributed by atoms with Crippen molar-refractivity contribution in [2.24, 2.45) is 11.8 Å². The Balaban J connectivity index is 1.30. The van der Waals surface area contributed by atoms with Gasteiger partial charge in [-0.25, -0.2) is 4.98 Å². The second-order valence-electron chi connectivity index (χ2n) is 12.9. The lowest BCUT2D eigenvalue weighted by molar-refractivity contribution is -0.640. The highest BCUT2D eigenvalue weighted by Gasteiger charge is 2.56. The predicted octanol–water partition coefficient (Wildman–Crippen LogP) is 4.75. The predicted molar refractivity (Wildman–Crippen MR) is 147 cm³/mol. The fourth-order valence-electron chi connectivity index (χ4n) is 8.52. The van der Waals surface area contributed by atoms with E-state index in [4.69, 9.17) is 0 Å². The first kappa shape index (κ1) is 25.1. The van der Waals surface area contributed by atoms with Gasteiger partial charge in [-0.15, -0.1) is 0 Å². The number of hydrogen-bond acceptors (Lipinski definition) is 1. The van der Waals surface area contributed by atoms with Gasteiger partial charge in [0.1, 0.15) is 5.92 Å². The summed E-state index contributed by atoms with van der Waals surface area (Å²) in [4.78, 5) is 20.9. The van der Waals surface area contributed by atoms with E-state index < -0.39 is 0 Å². The Labute approximate surface area is 223 Å². The first-order chi connectivity index (χ1) is 18.1. The summed E-state index contributed by atoms with van der Waals surface area (Å²) in [7, 11) is 0. The molecule has 1 aromatic carbocycles. The van der Waals surface area contributed by atoms with E-state index in [1.807, 2.05) is 0 Å². The molecule has 1 aromatic heterocycles. The Morgan fingerprint density at radius 2 is 1.84 bits per heavy atom. The van der Waals surface area contributed by atoms with Crippen LogP contribution in [0.3, 0.4) is 0 Å². The maximum absolute atomic E-state index is 14.7. The number of H-pyrrole nitrogens is 1. The van der Waals surface area contributed by atoms with E-state index in [-0.39, 0.29) is 11.3 Å². The number of amides is 1. The Morgan fingerprint density at radius 3 is 2.62 bits per heavy atom. The highest BCUT2D eigenvalue weighted by Crippen LogP contribution is 2.46. The molecule has 37 heavy (non-hydrogen) atoms. The first-order valence-electron chi connectivity index (χ1n) is 15.3. The fourth-order valence-corrected chi connectivity index (χ4v) is 8.52. The molecule has 1 spiro atoms. The summed E-state index contributed by atoms with van der Waals surface area (Å²) in [6.07, 6.45) is 12.3. The van der Waals surface area contributed by atoms with Crippen LogP contribution in [0.2, 0.25) is 0 Å². The Bertz CT molecular complexity index is 1090. The molecule has 198 valence electrons. The van der Waals surface area contributed by atoms with Crippen molar-refractivity contribution in [3.05, 3.63) is 65.0 Å². The molecule has 3 heterocycles. The summed E-state index contributed by atoms with van der Waals surface area (Å²) in [5.41, 5.74) is 5.63. The van der Waals surface area contributed by atoms with Crippen LogP contribution >= 0.6 is 0 Å². The van der Waals surface area contributed by atoms with Gasteiger partial charge in [-0.05, 0) is 62.0 Å². The van der Waals surface area contributed by atoms with Crippen molar-refractivity contribution >= 4 is 5.91 Å². The summed E-state index contributed by atoms with van der Waals surface area (Å²) in [5, 5.41) is 2.44. The fraction of sp³-hybridized carbons (Fsp3) is 0.636. The van der Waals surface area contributed by atoms with Gasteiger partial charge < -0.3 is 10.2 Å². The second kappa shape index (κ2) is 10.5. The number of benzene rings is 1. The summed E-state index contributed by atoms with van der Waals surface area (Å²) in [6, 6.07) is 16.2. The number of aryl methyl sites for hydroxylation is 1. The SMILES string of the molecule is CC(C)c1ccc2c([nH+]1)CCC[C@]21C[NH2+]C[C@H]1C(=O)N1CC[C@@H](c2ccccc2)C[C@H]1C1CCCCC1. The molecule has 4 atom stereocenters. The molecule has 2 saturated heterocycles. The summed E-state index contributed by atoms with van der Waals surface area (Å²) < 4.78 is 0. The van der Waals surface area contributed by atoms with Gasteiger partial charge in [0.2, 0.25) is 5.91 Å². The van der Waals surface area contributed by atoms with Gasteiger partial charge in [-0.1, -0.05) is 63.4 Å². The minimum absolute atomic E-state index is 0.00985. The number of carbonyl (C=O) groups excluding carboxylic acids is 1. The van der Waals surface area contributed by atoms with Gasteiger partial charge in [-0.2, -0.15) is 0 Å². The molecule has 2 aromatic rings. The molecule has 1 saturated carbocycles. The smallest absolute Gasteiger partial charge is 0.232 e. The standard InChI is InChI=1S/C33H45N3O/c1-23(2)29-16-15-27-30(35-29)14-9-18-33(27)22-34-21-28(33)32(37)36-19-17-26(24-10-5-3-6-11-24)20-31(36)25-12-7-4-8-13-25/h3,5-6,10-11,15-16,23,25-26,28,31,34H,4,7-9,12-14,17-22H2,1-2H3/p+2/t26-,28+,31+,33+/m1/s1. The van der Waals surface area contributed by atoms with Gasteiger partial charge in [0.25, 0.3) is 0 Å². The molecule has 4 heteroatoms. The van der Waals surface area contributed by atoms with Gasteiger partial charge in [0, 0.05) is 36.6 Å². The van der Waals surface area contributed by atoms with Crippen LogP contribution in [-0.2, 0) is 16.6 Å². The van der Waals surface area contributed by atoms with Crippen molar-refractivity contribution in [1.82, 2.24) is 4.90 Å². The van der Waals surface area contributed by atoms with Crippen LogP contribution in [0.15, 0.2) is 42.5 Å². The third kappa shape index (κ3) is 4.64. The number of nitrogens with zero attached hydrogens (tertiary/aromatic N) is 1. The summed E-state index contributed by atoms with van der Waals surface area (Å²) in [5.74, 6) is 2.32. The molecule has 1 amide bonds. The van der Waals surface area contributed by atoms with Crippen molar-refractivity contribution in [3.63, 3.8) is 0 Å². The van der Waals surface area contributed by atoms with Crippen LogP contribution in [0.4, 0.5) is 0 Å². The summed E-state index contributed by atoms with van der Waals surface area (Å²) >= 11 is 0. The lowest BCUT2D eigenvalue weighted by Crippen LogP contribution is -2.82. The molecule has 4 aliphatic rings. The number of rotatable bonds is 4. The van der Waals surface area contributed by atoms with Crippen molar-refractivity contribution in [2.45, 2.75) is 101 Å². The van der Waals surface area contributed by atoms with Gasteiger partial charge >= 0.3 is 0 Å². The van der Waals surface area contributed by atoms with E-state index in [0.717, 1.165) is 45.3 Å². The van der Waals surface area contributed by atoms with Crippen LogP contribution in [0.5, 0.6) is 0 Å². The van der Waals surface area contributed by atoms with Gasteiger partial charge in [-0.3, -0.25) is 4.79 Å². The number of piperidine rings is 1. The molecular formula is C33H47N3O+2. The third-order valence-corrected chi connectivity index (χ3v) is 10.5. The van der Waals surface area contributed by atoms with Crippen molar-refractivity contribution < 1.29 is 15.1 Å². The maximum Gasteiger partial charge on any atom is 0.232 e. The summed E-state index contributed by atoms with van der Waals surface area (Å²) in [6.45, 7) is 7.45. The largest absolute Gasteiger partial charge is 0.345 e. The van der Waals surface area contributed by atoms with E-state index >= 15 is 0 Å². The minimum atomic E-state index is -0.00985. The third-order valence-electron chi connectivity index (χ3n) is 10.5. The molecule has 6 rings (SSSR count). The van der Waals surface area contributed by atoms with Crippen molar-refractivity contribution in [2.75, 3.05) is 19.6 Å². The minimum Gasteiger partial charge on any atom is -0.345 e. The zero-order chi connectivity index (χ0) is 25.4. The number of nitrogens with one attached hydrogen (secondary N) is 1. The normalized spacial score (nSPS) is 30.6. The number of aromatic nitrogens is 1. The zero-order valence-corrected chi connectivity index (χ0v) is 23.1. The highest BCUT2D eigenvalue weighted by molar-refractivity contribution is 5.82. The lowest BCUT2D eigenvalue weighted by atomic mass is 9.64. The van der Waals surface area contributed by atoms with Crippen LogP contribution in [-0.4, -0.2) is 36.5 Å². The topological polar surface area (TPSA) is 51.1 Å². The number of carbonyl (C=O) groups is 1. The van der Waals surface area contributed by atoms with E-state index in [1.165, 1.54) is 61.0 Å². The average molecular weight is 502 g/mol. The molecule has 4 nitrogen and oxygen atoms in total. The molecule has 0 bridgehead atoms. The second-order valence-corrected chi connectivity index (χ2v) is 12.9. The molecule has 0 unspecified atom stereocenters. The molecule has 2 aliphatic heterocycles. The van der Waals surface area contributed by atoms with Gasteiger partial charge in [0.05, 0.1) is 18.5 Å². The zero-order valence-electron chi connectivity index (χ0n) is 23.1. The molecule has 3 N–H and O–H groups in total. The van der Waals surface area contributed by atoms with Crippen LogP contribution in [0.25, 0.3) is 0 Å². The number of fused-ring (bicyclic) bond motifs is 2. The number of hydrogen-bond donors (Lipinski definition) is 1. The van der Waals surface area contributed by atoms with Crippen molar-refractivity contribution in [1.29, 1.82) is 0 Å². The molecule has 2 aliphatic carbocycles. The van der Waals surface area contributed by atoms with E-state index in [0.29, 0.717) is 29.7 Å². The van der Waals surface area contributed by atoms with E-state index in [2.05, 4.69) is 71.5 Å². The molecule has 3 fully saturated rings. The average Bonchev–Trinajstić information content (AvgIpc) is 3.37. The molecule has 0 radical (unpaired) electrons. The molecular weight excluding hydrogens is 454 g/mol. The van der Waals surface area contributed by atoms with Crippen LogP contribution < -0.4 is 10.3 Å². The number of pyridine rings is 1. The Morgan fingerprint density at radius 1 is 1.03 bits per heavy atom. The Kier molecular flexibility index (Phi) is 7.13. The Hall–Kier alpha value is -2.20. The first-order valence-corrected chi connectivity index (χ1v) is 15.3. The maximum atomic E-state index is 14.7. The highest BCUT2D eigenvalue weighted by atomic mass is 16.2. The van der Waals surface area contributed by atoms with Crippen molar-refractivity contribution in [3.8, 4) is 0 Å². The van der Waals surface area contributed by atoms with E-state index in [1.54, 1.807) is 0 Å². The lowest BCUT2D eigenvalue weighted by Gasteiger charge is -2.47. The number of aromatic amines is 1. The number of nitrogens with two attached hydrogens (primary N) is 1. The van der Waals surface area contributed by atoms with Crippen LogP contribution in [0, 0.1) is 11.8 Å². The van der Waals surface area contributed by atoms with E-state index in [9.17, 15) is 4.79 Å². The van der Waals surface area contributed by atoms with Gasteiger partial charge in [0.15, 0.2) is 11.4 Å².